The number of imide groups is 1. The van der Waals surface area contributed by atoms with Gasteiger partial charge < -0.3 is 20.3 Å². The highest BCUT2D eigenvalue weighted by molar-refractivity contribution is 6.06. The highest BCUT2D eigenvalue weighted by Crippen LogP contribution is 2.52. The van der Waals surface area contributed by atoms with Crippen molar-refractivity contribution in [2.75, 3.05) is 33.2 Å². The molecule has 176 valence electrons. The first-order valence-corrected chi connectivity index (χ1v) is 11.7. The van der Waals surface area contributed by atoms with Crippen LogP contribution in [0.15, 0.2) is 17.1 Å². The number of carbonyl (C=O) groups excluding carboxylic acids is 3. The van der Waals surface area contributed by atoms with Gasteiger partial charge in [0.05, 0.1) is 11.8 Å². The Kier molecular flexibility index (Phi) is 6.18. The molecule has 3 amide bonds. The molecule has 4 rings (SSSR count). The summed E-state index contributed by atoms with van der Waals surface area (Å²) in [7, 11) is 1.67. The Morgan fingerprint density at radius 1 is 1.12 bits per heavy atom. The lowest BCUT2D eigenvalue weighted by atomic mass is 9.85. The average molecular weight is 446 g/mol. The van der Waals surface area contributed by atoms with Gasteiger partial charge in [0.15, 0.2) is 5.96 Å². The van der Waals surface area contributed by atoms with Crippen molar-refractivity contribution in [1.29, 1.82) is 0 Å². The molecule has 4 atom stereocenters. The molecule has 3 aliphatic carbocycles. The molecule has 32 heavy (non-hydrogen) atoms. The molecule has 3 fully saturated rings. The van der Waals surface area contributed by atoms with Crippen LogP contribution in [0.2, 0.25) is 0 Å². The van der Waals surface area contributed by atoms with E-state index in [1.54, 1.807) is 11.9 Å². The van der Waals surface area contributed by atoms with E-state index < -0.39 is 5.60 Å². The maximum Gasteiger partial charge on any atom is 0.410 e. The van der Waals surface area contributed by atoms with Crippen molar-refractivity contribution >= 4 is 23.9 Å². The van der Waals surface area contributed by atoms with Crippen LogP contribution in [0.25, 0.3) is 0 Å². The number of guanidine groups is 1. The highest BCUT2D eigenvalue weighted by Gasteiger charge is 2.58. The monoisotopic (exact) mass is 445 g/mol. The van der Waals surface area contributed by atoms with Crippen molar-refractivity contribution in [3.05, 3.63) is 12.2 Å². The Hall–Kier alpha value is -2.58. The summed E-state index contributed by atoms with van der Waals surface area (Å²) in [6.45, 7) is 7.40. The van der Waals surface area contributed by atoms with E-state index >= 15 is 0 Å². The lowest BCUT2D eigenvalue weighted by Crippen LogP contribution is -2.47. The van der Waals surface area contributed by atoms with Crippen molar-refractivity contribution in [3.8, 4) is 0 Å². The predicted octanol–water partition coefficient (Wildman–Crippen LogP) is 1.36. The molecular formula is C23H35N5O4. The number of nitrogens with zero attached hydrogens (tertiary/aromatic N) is 3. The molecule has 1 heterocycles. The van der Waals surface area contributed by atoms with Crippen LogP contribution in [0.1, 0.15) is 40.0 Å². The number of hydrogen-bond acceptors (Lipinski definition) is 5. The van der Waals surface area contributed by atoms with E-state index in [4.69, 9.17) is 4.74 Å². The van der Waals surface area contributed by atoms with Crippen molar-refractivity contribution in [1.82, 2.24) is 20.4 Å². The molecule has 0 spiro atoms. The average Bonchev–Trinajstić information content (AvgIpc) is 3.26. The molecule has 0 aromatic rings. The molecule has 0 aromatic heterocycles. The smallest absolute Gasteiger partial charge is 0.410 e. The number of rotatable bonds is 7. The normalized spacial score (nSPS) is 28.9. The van der Waals surface area contributed by atoms with Crippen molar-refractivity contribution in [2.24, 2.45) is 28.7 Å². The van der Waals surface area contributed by atoms with Gasteiger partial charge in [0.1, 0.15) is 5.60 Å². The number of nitrogens with one attached hydrogen (secondary N) is 2. The minimum absolute atomic E-state index is 0.0287. The summed E-state index contributed by atoms with van der Waals surface area (Å²) in [6, 6.07) is 0.248. The third kappa shape index (κ3) is 4.61. The topological polar surface area (TPSA) is 103 Å². The van der Waals surface area contributed by atoms with Gasteiger partial charge in [-0.1, -0.05) is 12.2 Å². The van der Waals surface area contributed by atoms with Crippen molar-refractivity contribution in [2.45, 2.75) is 51.7 Å². The third-order valence-electron chi connectivity index (χ3n) is 6.67. The molecule has 2 saturated carbocycles. The first kappa shape index (κ1) is 22.6. The Bertz CT molecular complexity index is 799. The molecular weight excluding hydrogens is 410 g/mol. The van der Waals surface area contributed by atoms with E-state index in [9.17, 15) is 14.4 Å². The molecule has 4 unspecified atom stereocenters. The van der Waals surface area contributed by atoms with Gasteiger partial charge in [-0.3, -0.25) is 19.5 Å². The standard InChI is InChI=1S/C23H35N5O4/c1-23(2,3)32-22(31)27(16-7-8-16)11-9-25-21(24-4)26-10-12-28-19(29)17-14-5-6-15(13-14)18(17)20(28)30/h5-6,14-18H,7-13H2,1-4H3,(H2,24,25,26). The summed E-state index contributed by atoms with van der Waals surface area (Å²) >= 11 is 0. The van der Waals surface area contributed by atoms with E-state index in [1.807, 2.05) is 20.8 Å². The molecule has 1 aliphatic heterocycles. The Balaban J connectivity index is 1.21. The second-order valence-corrected chi connectivity index (χ2v) is 10.2. The molecule has 2 bridgehead atoms. The summed E-state index contributed by atoms with van der Waals surface area (Å²) in [6.07, 6.45) is 6.87. The number of carbonyl (C=O) groups is 3. The van der Waals surface area contributed by atoms with Gasteiger partial charge in [0.2, 0.25) is 11.8 Å². The van der Waals surface area contributed by atoms with Gasteiger partial charge in [-0.2, -0.15) is 0 Å². The quantitative estimate of drug-likeness (QED) is 0.265. The number of aliphatic imine (C=N–C) groups is 1. The number of likely N-dealkylation sites (tertiary alicyclic amines) is 1. The molecule has 4 aliphatic rings. The zero-order chi connectivity index (χ0) is 23.0. The SMILES string of the molecule is CN=C(NCCN1C(=O)C2C3C=CC(C3)C2C1=O)NCCN(C(=O)OC(C)(C)C)C1CC1. The molecule has 1 saturated heterocycles. The number of allylic oxidation sites excluding steroid dienone is 2. The minimum atomic E-state index is -0.520. The van der Waals surface area contributed by atoms with Crippen LogP contribution in [0.3, 0.4) is 0 Å². The molecule has 0 radical (unpaired) electrons. The third-order valence-corrected chi connectivity index (χ3v) is 6.67. The first-order valence-electron chi connectivity index (χ1n) is 11.7. The first-order chi connectivity index (χ1) is 15.2. The summed E-state index contributed by atoms with van der Waals surface area (Å²) in [5.41, 5.74) is -0.520. The maximum atomic E-state index is 12.8. The second kappa shape index (κ2) is 8.75. The zero-order valence-corrected chi connectivity index (χ0v) is 19.5. The molecule has 9 nitrogen and oxygen atoms in total. The Morgan fingerprint density at radius 2 is 1.72 bits per heavy atom. The van der Waals surface area contributed by atoms with Crippen LogP contribution in [-0.4, -0.2) is 78.5 Å². The molecule has 0 aromatic carbocycles. The largest absolute Gasteiger partial charge is 0.444 e. The predicted molar refractivity (Wildman–Crippen MR) is 120 cm³/mol. The Labute approximate surface area is 189 Å². The van der Waals surface area contributed by atoms with E-state index in [1.165, 1.54) is 4.90 Å². The van der Waals surface area contributed by atoms with Crippen LogP contribution in [0, 0.1) is 23.7 Å². The van der Waals surface area contributed by atoms with E-state index in [0.717, 1.165) is 19.3 Å². The van der Waals surface area contributed by atoms with Gasteiger partial charge in [0, 0.05) is 39.3 Å². The van der Waals surface area contributed by atoms with Crippen LogP contribution in [0.4, 0.5) is 4.79 Å². The van der Waals surface area contributed by atoms with Gasteiger partial charge in [-0.15, -0.1) is 0 Å². The lowest BCUT2D eigenvalue weighted by Gasteiger charge is -2.27. The summed E-state index contributed by atoms with van der Waals surface area (Å²) in [4.78, 5) is 45.4. The van der Waals surface area contributed by atoms with E-state index in [2.05, 4.69) is 27.8 Å². The fraction of sp³-hybridized carbons (Fsp3) is 0.739. The van der Waals surface area contributed by atoms with Gasteiger partial charge in [-0.25, -0.2) is 4.79 Å². The summed E-state index contributed by atoms with van der Waals surface area (Å²) < 4.78 is 5.52. The Morgan fingerprint density at radius 3 is 2.25 bits per heavy atom. The van der Waals surface area contributed by atoms with Crippen LogP contribution in [-0.2, 0) is 14.3 Å². The fourth-order valence-electron chi connectivity index (χ4n) is 5.12. The second-order valence-electron chi connectivity index (χ2n) is 10.2. The van der Waals surface area contributed by atoms with Crippen LogP contribution in [0.5, 0.6) is 0 Å². The zero-order valence-electron chi connectivity index (χ0n) is 19.5. The van der Waals surface area contributed by atoms with Crippen molar-refractivity contribution < 1.29 is 19.1 Å². The van der Waals surface area contributed by atoms with E-state index in [0.29, 0.717) is 32.1 Å². The number of hydrogen-bond donors (Lipinski definition) is 2. The maximum absolute atomic E-state index is 12.8. The van der Waals surface area contributed by atoms with Gasteiger partial charge in [0.25, 0.3) is 0 Å². The highest BCUT2D eigenvalue weighted by atomic mass is 16.6. The lowest BCUT2D eigenvalue weighted by molar-refractivity contribution is -0.140. The van der Waals surface area contributed by atoms with Gasteiger partial charge in [-0.05, 0) is 51.9 Å². The number of amides is 3. The summed E-state index contributed by atoms with van der Waals surface area (Å²) in [5.74, 6) is 0.665. The van der Waals surface area contributed by atoms with Crippen LogP contribution >= 0.6 is 0 Å². The summed E-state index contributed by atoms with van der Waals surface area (Å²) in [5, 5.41) is 6.37. The minimum Gasteiger partial charge on any atom is -0.444 e. The van der Waals surface area contributed by atoms with Crippen molar-refractivity contribution in [3.63, 3.8) is 0 Å². The molecule has 2 N–H and O–H groups in total. The van der Waals surface area contributed by atoms with Crippen LogP contribution < -0.4 is 10.6 Å². The van der Waals surface area contributed by atoms with Gasteiger partial charge >= 0.3 is 6.09 Å². The fourth-order valence-corrected chi connectivity index (χ4v) is 5.12. The number of fused-ring (bicyclic) bond motifs is 5. The van der Waals surface area contributed by atoms with E-state index in [-0.39, 0.29) is 47.6 Å². The number of ether oxygens (including phenoxy) is 1. The molecule has 9 heteroatoms.